The Balaban J connectivity index is 2.11. The van der Waals surface area contributed by atoms with E-state index in [2.05, 4.69) is 0 Å². The van der Waals surface area contributed by atoms with Crippen molar-refractivity contribution in [2.75, 3.05) is 11.4 Å². The Morgan fingerprint density at radius 3 is 2.12 bits per heavy atom. The molecule has 5 heteroatoms. The lowest BCUT2D eigenvalue weighted by Crippen LogP contribution is -2.30. The van der Waals surface area contributed by atoms with Crippen LogP contribution in [0.5, 0.6) is 5.75 Å². The minimum Gasteiger partial charge on any atom is -0.495 e. The quantitative estimate of drug-likeness (QED) is 0.649. The first-order valence-corrected chi connectivity index (χ1v) is 9.73. The van der Waals surface area contributed by atoms with Crippen LogP contribution in [0.4, 0.5) is 5.69 Å². The van der Waals surface area contributed by atoms with Gasteiger partial charge in [-0.15, -0.1) is 0 Å². The van der Waals surface area contributed by atoms with Crippen LogP contribution in [0, 0.1) is 6.92 Å². The van der Waals surface area contributed by atoms with Crippen molar-refractivity contribution < 1.29 is 13.2 Å². The van der Waals surface area contributed by atoms with Gasteiger partial charge in [0.1, 0.15) is 10.6 Å². The van der Waals surface area contributed by atoms with E-state index in [0.717, 1.165) is 11.1 Å². The standard InChI is InChI=1S/C21H21NO3S/c1-17-12-14-19(15-13-17)22(16-18-8-4-3-5-9-18)26(23,24)21-11-7-6-10-20(21)25-2/h3-15H,16H2,1-2H3. The maximum atomic E-state index is 13.4. The number of nitrogens with zero attached hydrogens (tertiary/aromatic N) is 1. The molecule has 0 aliphatic heterocycles. The highest BCUT2D eigenvalue weighted by molar-refractivity contribution is 7.92. The molecule has 0 saturated heterocycles. The highest BCUT2D eigenvalue weighted by Gasteiger charge is 2.28. The second kappa shape index (κ2) is 7.62. The van der Waals surface area contributed by atoms with Gasteiger partial charge in [0.2, 0.25) is 0 Å². The van der Waals surface area contributed by atoms with Crippen molar-refractivity contribution in [2.45, 2.75) is 18.4 Å². The molecule has 0 aliphatic carbocycles. The summed E-state index contributed by atoms with van der Waals surface area (Å²) < 4.78 is 33.6. The number of aryl methyl sites for hydroxylation is 1. The lowest BCUT2D eigenvalue weighted by atomic mass is 10.2. The summed E-state index contributed by atoms with van der Waals surface area (Å²) in [5.41, 5.74) is 2.60. The highest BCUT2D eigenvalue weighted by Crippen LogP contribution is 2.31. The van der Waals surface area contributed by atoms with Crippen molar-refractivity contribution in [1.29, 1.82) is 0 Å². The van der Waals surface area contributed by atoms with E-state index in [1.807, 2.05) is 61.5 Å². The third kappa shape index (κ3) is 3.73. The van der Waals surface area contributed by atoms with Gasteiger partial charge in [-0.3, -0.25) is 4.31 Å². The van der Waals surface area contributed by atoms with Crippen molar-refractivity contribution in [3.8, 4) is 5.75 Å². The summed E-state index contributed by atoms with van der Waals surface area (Å²) in [4.78, 5) is 0.152. The van der Waals surface area contributed by atoms with E-state index in [9.17, 15) is 8.42 Å². The molecule has 0 heterocycles. The second-order valence-electron chi connectivity index (χ2n) is 5.98. The third-order valence-corrected chi connectivity index (χ3v) is 5.94. The molecule has 0 atom stereocenters. The van der Waals surface area contributed by atoms with Crippen LogP contribution in [-0.4, -0.2) is 15.5 Å². The number of para-hydroxylation sites is 1. The molecule has 134 valence electrons. The Morgan fingerprint density at radius 2 is 1.46 bits per heavy atom. The lowest BCUT2D eigenvalue weighted by Gasteiger charge is -2.25. The monoisotopic (exact) mass is 367 g/mol. The van der Waals surface area contributed by atoms with Gasteiger partial charge in [-0.1, -0.05) is 60.2 Å². The summed E-state index contributed by atoms with van der Waals surface area (Å²) in [6.45, 7) is 2.21. The number of ether oxygens (including phenoxy) is 1. The van der Waals surface area contributed by atoms with Crippen molar-refractivity contribution >= 4 is 15.7 Å². The molecule has 0 N–H and O–H groups in total. The van der Waals surface area contributed by atoms with E-state index >= 15 is 0 Å². The number of benzene rings is 3. The summed E-state index contributed by atoms with van der Waals surface area (Å²) in [6.07, 6.45) is 0. The normalized spacial score (nSPS) is 11.2. The summed E-state index contributed by atoms with van der Waals surface area (Å²) in [5, 5.41) is 0. The maximum Gasteiger partial charge on any atom is 0.268 e. The van der Waals surface area contributed by atoms with Crippen LogP contribution >= 0.6 is 0 Å². The molecule has 0 aromatic heterocycles. The first kappa shape index (κ1) is 18.0. The fraction of sp³-hybridized carbons (Fsp3) is 0.143. The molecule has 0 radical (unpaired) electrons. The van der Waals surface area contributed by atoms with Gasteiger partial charge in [0.15, 0.2) is 0 Å². The van der Waals surface area contributed by atoms with E-state index in [1.54, 1.807) is 24.3 Å². The second-order valence-corrected chi connectivity index (χ2v) is 7.81. The van der Waals surface area contributed by atoms with E-state index in [-0.39, 0.29) is 11.4 Å². The minimum absolute atomic E-state index is 0.152. The molecule has 26 heavy (non-hydrogen) atoms. The third-order valence-electron chi connectivity index (χ3n) is 4.13. The first-order valence-electron chi connectivity index (χ1n) is 8.29. The number of anilines is 1. The molecule has 0 aliphatic rings. The summed E-state index contributed by atoms with van der Waals surface area (Å²) in [7, 11) is -2.33. The van der Waals surface area contributed by atoms with Gasteiger partial charge in [-0.05, 0) is 36.8 Å². The molecule has 0 bridgehead atoms. The molecule has 3 rings (SSSR count). The Kier molecular flexibility index (Phi) is 5.28. The van der Waals surface area contributed by atoms with Gasteiger partial charge in [0, 0.05) is 0 Å². The average Bonchev–Trinajstić information content (AvgIpc) is 2.67. The van der Waals surface area contributed by atoms with Crippen LogP contribution < -0.4 is 9.04 Å². The fourth-order valence-electron chi connectivity index (χ4n) is 2.73. The SMILES string of the molecule is COc1ccccc1S(=O)(=O)N(Cc1ccccc1)c1ccc(C)cc1. The van der Waals surface area contributed by atoms with Crippen LogP contribution in [0.2, 0.25) is 0 Å². The molecular weight excluding hydrogens is 346 g/mol. The molecule has 4 nitrogen and oxygen atoms in total. The van der Waals surface area contributed by atoms with Gasteiger partial charge in [0.25, 0.3) is 10.0 Å². The zero-order valence-electron chi connectivity index (χ0n) is 14.8. The molecule has 0 spiro atoms. The average molecular weight is 367 g/mol. The van der Waals surface area contributed by atoms with Crippen molar-refractivity contribution in [3.63, 3.8) is 0 Å². The van der Waals surface area contributed by atoms with Crippen molar-refractivity contribution in [3.05, 3.63) is 90.0 Å². The highest BCUT2D eigenvalue weighted by atomic mass is 32.2. The molecule has 0 amide bonds. The lowest BCUT2D eigenvalue weighted by molar-refractivity contribution is 0.402. The predicted octanol–water partition coefficient (Wildman–Crippen LogP) is 4.40. The maximum absolute atomic E-state index is 13.4. The summed E-state index contributed by atoms with van der Waals surface area (Å²) >= 11 is 0. The van der Waals surface area contributed by atoms with E-state index in [1.165, 1.54) is 11.4 Å². The number of rotatable bonds is 6. The smallest absolute Gasteiger partial charge is 0.268 e. The van der Waals surface area contributed by atoms with Gasteiger partial charge in [0.05, 0.1) is 19.3 Å². The summed E-state index contributed by atoms with van der Waals surface area (Å²) in [6, 6.07) is 23.7. The Labute approximate surface area is 154 Å². The molecule has 3 aromatic carbocycles. The van der Waals surface area contributed by atoms with Gasteiger partial charge in [-0.2, -0.15) is 0 Å². The van der Waals surface area contributed by atoms with Crippen LogP contribution in [0.15, 0.2) is 83.8 Å². The van der Waals surface area contributed by atoms with E-state index < -0.39 is 10.0 Å². The van der Waals surface area contributed by atoms with Crippen LogP contribution in [0.1, 0.15) is 11.1 Å². The number of methoxy groups -OCH3 is 1. The fourth-order valence-corrected chi connectivity index (χ4v) is 4.34. The number of sulfonamides is 1. The zero-order chi connectivity index (χ0) is 18.6. The van der Waals surface area contributed by atoms with Crippen molar-refractivity contribution in [2.24, 2.45) is 0 Å². The van der Waals surface area contributed by atoms with Gasteiger partial charge in [-0.25, -0.2) is 8.42 Å². The largest absolute Gasteiger partial charge is 0.495 e. The minimum atomic E-state index is -3.80. The van der Waals surface area contributed by atoms with Gasteiger partial charge < -0.3 is 4.74 Å². The van der Waals surface area contributed by atoms with E-state index in [0.29, 0.717) is 11.4 Å². The molecule has 0 fully saturated rings. The van der Waals surface area contributed by atoms with Crippen LogP contribution in [0.25, 0.3) is 0 Å². The van der Waals surface area contributed by atoms with Crippen LogP contribution in [-0.2, 0) is 16.6 Å². The Morgan fingerprint density at radius 1 is 0.846 bits per heavy atom. The first-order chi connectivity index (χ1) is 12.5. The molecule has 3 aromatic rings. The van der Waals surface area contributed by atoms with Crippen LogP contribution in [0.3, 0.4) is 0 Å². The molecular formula is C21H21NO3S. The predicted molar refractivity (Wildman–Crippen MR) is 104 cm³/mol. The Hall–Kier alpha value is -2.79. The van der Waals surface area contributed by atoms with Gasteiger partial charge >= 0.3 is 0 Å². The van der Waals surface area contributed by atoms with Crippen molar-refractivity contribution in [1.82, 2.24) is 0 Å². The topological polar surface area (TPSA) is 46.6 Å². The zero-order valence-corrected chi connectivity index (χ0v) is 15.6. The number of hydrogen-bond acceptors (Lipinski definition) is 3. The molecule has 0 unspecified atom stereocenters. The summed E-state index contributed by atoms with van der Waals surface area (Å²) in [5.74, 6) is 0.331. The number of hydrogen-bond donors (Lipinski definition) is 0. The van der Waals surface area contributed by atoms with E-state index in [4.69, 9.17) is 4.74 Å². The molecule has 0 saturated carbocycles. The Bertz CT molecular complexity index is 968.